The third-order valence-corrected chi connectivity index (χ3v) is 11.2. The molecule has 45 heavy (non-hydrogen) atoms. The van der Waals surface area contributed by atoms with Crippen molar-refractivity contribution in [3.8, 4) is 0 Å². The molecule has 0 aromatic rings. The highest BCUT2D eigenvalue weighted by atomic mass is 16.2. The van der Waals surface area contributed by atoms with Crippen molar-refractivity contribution in [2.75, 3.05) is 13.6 Å². The molecule has 4 N–H and O–H groups in total. The second-order valence-corrected chi connectivity index (χ2v) is 14.6. The van der Waals surface area contributed by atoms with Gasteiger partial charge in [-0.25, -0.2) is 0 Å². The Hall–Kier alpha value is -2.98. The molecule has 5 amide bonds. The Bertz CT molecular complexity index is 1140. The van der Waals surface area contributed by atoms with E-state index in [1.807, 2.05) is 6.92 Å². The summed E-state index contributed by atoms with van der Waals surface area (Å²) in [5.74, 6) is -3.13. The number of nitrogens with one attached hydrogen (secondary N) is 4. The van der Waals surface area contributed by atoms with Crippen molar-refractivity contribution in [1.29, 1.82) is 0 Å². The number of hydrogen-bond acceptors (Lipinski definition) is 6. The van der Waals surface area contributed by atoms with E-state index in [1.54, 1.807) is 7.05 Å². The van der Waals surface area contributed by atoms with Crippen LogP contribution in [0.5, 0.6) is 0 Å². The highest BCUT2D eigenvalue weighted by Gasteiger charge is 2.51. The van der Waals surface area contributed by atoms with Crippen LogP contribution < -0.4 is 21.3 Å². The van der Waals surface area contributed by atoms with Gasteiger partial charge in [-0.3, -0.25) is 28.8 Å². The molecule has 5 rings (SSSR count). The molecule has 11 nitrogen and oxygen atoms in total. The van der Waals surface area contributed by atoms with Crippen molar-refractivity contribution in [3.05, 3.63) is 0 Å². The van der Waals surface area contributed by atoms with Gasteiger partial charge in [-0.05, 0) is 88.4 Å². The molecule has 5 aliphatic rings. The van der Waals surface area contributed by atoms with Crippen molar-refractivity contribution in [2.45, 2.75) is 140 Å². The largest absolute Gasteiger partial charge is 0.356 e. The van der Waals surface area contributed by atoms with Crippen LogP contribution in [0.2, 0.25) is 0 Å². The maximum Gasteiger partial charge on any atom is 0.289 e. The SMILES string of the molecule is CCC[C@@H](C(=O)N[C@@H](C[C@@H]1CCCNC1=O)C(=O)C(=O)NC1CC1)N(C)C(=O)[C@H](NC(=O)C1CC2(CCC2)C1)C1CCCCC1. The van der Waals surface area contributed by atoms with Crippen LogP contribution in [0, 0.1) is 23.2 Å². The minimum Gasteiger partial charge on any atom is -0.356 e. The molecular weight excluding hydrogens is 574 g/mol. The van der Waals surface area contributed by atoms with Crippen LogP contribution in [0.1, 0.15) is 116 Å². The molecule has 4 aliphatic carbocycles. The highest BCUT2D eigenvalue weighted by Crippen LogP contribution is 2.58. The van der Waals surface area contributed by atoms with Crippen LogP contribution in [0.4, 0.5) is 0 Å². The monoisotopic (exact) mass is 627 g/mol. The van der Waals surface area contributed by atoms with Gasteiger partial charge in [0.25, 0.3) is 5.91 Å². The number of hydrogen-bond donors (Lipinski definition) is 4. The summed E-state index contributed by atoms with van der Waals surface area (Å²) in [6.45, 7) is 2.48. The highest BCUT2D eigenvalue weighted by molar-refractivity contribution is 6.38. The lowest BCUT2D eigenvalue weighted by atomic mass is 9.51. The number of piperidine rings is 1. The fourth-order valence-electron chi connectivity index (χ4n) is 8.01. The zero-order chi connectivity index (χ0) is 32.1. The summed E-state index contributed by atoms with van der Waals surface area (Å²) in [6, 6.07) is -2.81. The topological polar surface area (TPSA) is 154 Å². The van der Waals surface area contributed by atoms with E-state index in [2.05, 4.69) is 21.3 Å². The van der Waals surface area contributed by atoms with Gasteiger partial charge >= 0.3 is 0 Å². The van der Waals surface area contributed by atoms with Crippen LogP contribution in [0.25, 0.3) is 0 Å². The molecule has 0 aromatic carbocycles. The molecule has 0 radical (unpaired) electrons. The van der Waals surface area contributed by atoms with E-state index in [9.17, 15) is 28.8 Å². The van der Waals surface area contributed by atoms with Gasteiger partial charge in [-0.15, -0.1) is 0 Å². The van der Waals surface area contributed by atoms with Crippen molar-refractivity contribution >= 4 is 35.3 Å². The third kappa shape index (κ3) is 8.06. The molecule has 1 saturated heterocycles. The number of ketones is 1. The van der Waals surface area contributed by atoms with Crippen LogP contribution in [-0.4, -0.2) is 78.0 Å². The first kappa shape index (κ1) is 33.4. The van der Waals surface area contributed by atoms with E-state index in [0.717, 1.165) is 64.2 Å². The molecule has 4 atom stereocenters. The Balaban J connectivity index is 1.29. The molecule has 1 aliphatic heterocycles. The lowest BCUT2D eigenvalue weighted by Crippen LogP contribution is -2.60. The minimum absolute atomic E-state index is 0.00554. The summed E-state index contributed by atoms with van der Waals surface area (Å²) >= 11 is 0. The van der Waals surface area contributed by atoms with Gasteiger partial charge in [0.2, 0.25) is 29.4 Å². The summed E-state index contributed by atoms with van der Waals surface area (Å²) in [5.41, 5.74) is 0.343. The zero-order valence-corrected chi connectivity index (χ0v) is 27.2. The first-order chi connectivity index (χ1) is 21.6. The summed E-state index contributed by atoms with van der Waals surface area (Å²) < 4.78 is 0. The van der Waals surface area contributed by atoms with Crippen LogP contribution in [0.15, 0.2) is 0 Å². The fraction of sp³-hybridized carbons (Fsp3) is 0.824. The average molecular weight is 628 g/mol. The summed E-state index contributed by atoms with van der Waals surface area (Å²) in [7, 11) is 1.60. The van der Waals surface area contributed by atoms with Crippen molar-refractivity contribution < 1.29 is 28.8 Å². The number of likely N-dealkylation sites (N-methyl/N-ethyl adjacent to an activating group) is 1. The van der Waals surface area contributed by atoms with Crippen LogP contribution >= 0.6 is 0 Å². The van der Waals surface area contributed by atoms with Gasteiger partial charge in [0.1, 0.15) is 12.1 Å². The Kier molecular flexibility index (Phi) is 10.9. The molecule has 0 bridgehead atoms. The molecule has 250 valence electrons. The Morgan fingerprint density at radius 1 is 0.933 bits per heavy atom. The summed E-state index contributed by atoms with van der Waals surface area (Å²) in [6.07, 6.45) is 14.1. The van der Waals surface area contributed by atoms with Gasteiger partial charge in [-0.2, -0.15) is 0 Å². The van der Waals surface area contributed by atoms with Gasteiger partial charge in [0.05, 0.1) is 6.04 Å². The van der Waals surface area contributed by atoms with Crippen LogP contribution in [0.3, 0.4) is 0 Å². The van der Waals surface area contributed by atoms with Crippen LogP contribution in [-0.2, 0) is 28.8 Å². The van der Waals surface area contributed by atoms with E-state index >= 15 is 0 Å². The Labute approximate surface area is 267 Å². The van der Waals surface area contributed by atoms with E-state index in [1.165, 1.54) is 24.2 Å². The molecular formula is C34H53N5O6. The standard InChI is InChI=1S/C34H53N5O6/c1-3-9-26(31(43)37-25(18-22-12-7-17-35-29(22)41)28(40)32(44)36-24-13-14-24)39(2)33(45)27(21-10-5-4-6-11-21)38-30(42)23-19-34(20-23)15-8-16-34/h21-27H,3-20H2,1-2H3,(H,35,41)(H,36,44)(H,37,43)(H,38,42)/t22-,25-,26-,27+/m0/s1. The second kappa shape index (κ2) is 14.6. The lowest BCUT2D eigenvalue weighted by Gasteiger charge is -2.53. The predicted octanol–water partition coefficient (Wildman–Crippen LogP) is 2.51. The minimum atomic E-state index is -1.18. The number of carbonyl (C=O) groups is 6. The second-order valence-electron chi connectivity index (χ2n) is 14.6. The first-order valence-electron chi connectivity index (χ1n) is 17.6. The van der Waals surface area contributed by atoms with Crippen molar-refractivity contribution in [1.82, 2.24) is 26.2 Å². The summed E-state index contributed by atoms with van der Waals surface area (Å²) in [5, 5.41) is 11.4. The molecule has 1 heterocycles. The molecule has 4 saturated carbocycles. The van der Waals surface area contributed by atoms with Gasteiger partial charge in [0, 0.05) is 31.5 Å². The predicted molar refractivity (Wildman–Crippen MR) is 167 cm³/mol. The maximum atomic E-state index is 14.2. The number of amides is 5. The number of carbonyl (C=O) groups excluding carboxylic acids is 6. The third-order valence-electron chi connectivity index (χ3n) is 11.2. The quantitative estimate of drug-likeness (QED) is 0.217. The molecule has 1 spiro atoms. The fourth-order valence-corrected chi connectivity index (χ4v) is 8.01. The molecule has 11 heteroatoms. The Morgan fingerprint density at radius 3 is 2.24 bits per heavy atom. The smallest absolute Gasteiger partial charge is 0.289 e. The van der Waals surface area contributed by atoms with E-state index in [4.69, 9.17) is 0 Å². The van der Waals surface area contributed by atoms with Gasteiger partial charge in [-0.1, -0.05) is 39.0 Å². The first-order valence-corrected chi connectivity index (χ1v) is 17.6. The lowest BCUT2D eigenvalue weighted by molar-refractivity contribution is -0.147. The average Bonchev–Trinajstić information content (AvgIpc) is 3.81. The summed E-state index contributed by atoms with van der Waals surface area (Å²) in [4.78, 5) is 81.5. The number of nitrogens with zero attached hydrogens (tertiary/aromatic N) is 1. The maximum absolute atomic E-state index is 14.2. The van der Waals surface area contributed by atoms with E-state index in [-0.39, 0.29) is 42.0 Å². The molecule has 0 aromatic heterocycles. The van der Waals surface area contributed by atoms with E-state index in [0.29, 0.717) is 31.2 Å². The number of rotatable bonds is 14. The molecule has 5 fully saturated rings. The molecule has 0 unspecified atom stereocenters. The van der Waals surface area contributed by atoms with Gasteiger partial charge < -0.3 is 26.2 Å². The zero-order valence-electron chi connectivity index (χ0n) is 27.2. The Morgan fingerprint density at radius 2 is 1.64 bits per heavy atom. The van der Waals surface area contributed by atoms with Crippen molar-refractivity contribution in [3.63, 3.8) is 0 Å². The number of Topliss-reactive ketones (excluding diaryl/α,β-unsaturated/α-hetero) is 1. The van der Waals surface area contributed by atoms with Crippen molar-refractivity contribution in [2.24, 2.45) is 23.2 Å². The normalized spacial score (nSPS) is 25.0. The van der Waals surface area contributed by atoms with Gasteiger partial charge in [0.15, 0.2) is 0 Å². The van der Waals surface area contributed by atoms with E-state index < -0.39 is 41.6 Å².